The van der Waals surface area contributed by atoms with Gasteiger partial charge in [0.05, 0.1) is 30.9 Å². The van der Waals surface area contributed by atoms with Crippen molar-refractivity contribution in [3.8, 4) is 0 Å². The Morgan fingerprint density at radius 2 is 2.30 bits per heavy atom. The van der Waals surface area contributed by atoms with E-state index in [9.17, 15) is 14.7 Å². The lowest BCUT2D eigenvalue weighted by atomic mass is 9.95. The molecule has 3 atom stereocenters. The van der Waals surface area contributed by atoms with Crippen LogP contribution in [-0.4, -0.2) is 52.0 Å². The van der Waals surface area contributed by atoms with Crippen molar-refractivity contribution in [2.45, 2.75) is 51.3 Å². The maximum atomic E-state index is 12.8. The quantitative estimate of drug-likeness (QED) is 0.910. The summed E-state index contributed by atoms with van der Waals surface area (Å²) >= 11 is 0. The Labute approximate surface area is 136 Å². The van der Waals surface area contributed by atoms with Crippen LogP contribution in [-0.2, 0) is 16.1 Å². The first-order valence-electron chi connectivity index (χ1n) is 8.35. The monoisotopic (exact) mass is 320 g/mol. The summed E-state index contributed by atoms with van der Waals surface area (Å²) < 4.78 is 5.28. The number of nitrogens with zero attached hydrogens (tertiary/aromatic N) is 2. The number of aliphatic hydroxyl groups is 1. The summed E-state index contributed by atoms with van der Waals surface area (Å²) in [6.45, 7) is 3.26. The predicted molar refractivity (Wildman–Crippen MR) is 83.3 cm³/mol. The molecule has 6 heteroatoms. The highest BCUT2D eigenvalue weighted by atomic mass is 16.3. The summed E-state index contributed by atoms with van der Waals surface area (Å²) in [4.78, 5) is 28.5. The van der Waals surface area contributed by atoms with E-state index in [2.05, 4.69) is 0 Å². The van der Waals surface area contributed by atoms with E-state index in [-0.39, 0.29) is 30.2 Å². The Bertz CT molecular complexity index is 555. The largest absolute Gasteiger partial charge is 0.467 e. The van der Waals surface area contributed by atoms with E-state index in [1.165, 1.54) is 0 Å². The van der Waals surface area contributed by atoms with Crippen molar-refractivity contribution in [1.29, 1.82) is 0 Å². The highest BCUT2D eigenvalue weighted by Gasteiger charge is 2.40. The van der Waals surface area contributed by atoms with Gasteiger partial charge in [0.1, 0.15) is 5.76 Å². The zero-order valence-corrected chi connectivity index (χ0v) is 13.5. The van der Waals surface area contributed by atoms with Gasteiger partial charge in [-0.15, -0.1) is 0 Å². The number of likely N-dealkylation sites (tertiary alicyclic amines) is 2. The summed E-state index contributed by atoms with van der Waals surface area (Å²) in [6, 6.07) is 3.50. The molecule has 3 rings (SSSR count). The van der Waals surface area contributed by atoms with E-state index in [0.717, 1.165) is 25.0 Å². The molecule has 126 valence electrons. The van der Waals surface area contributed by atoms with E-state index in [1.54, 1.807) is 29.1 Å². The second kappa shape index (κ2) is 6.74. The van der Waals surface area contributed by atoms with Crippen LogP contribution < -0.4 is 0 Å². The molecule has 3 unspecified atom stereocenters. The summed E-state index contributed by atoms with van der Waals surface area (Å²) in [5.41, 5.74) is 0. The standard InChI is InChI=1S/C17H24N2O4/c1-12(20)15-6-2-3-7-19(15)17(22)13-9-16(21)18(10-13)11-14-5-4-8-23-14/h4-5,8,12-13,15,20H,2-3,6-7,9-11H2,1H3. The molecule has 2 fully saturated rings. The first-order valence-corrected chi connectivity index (χ1v) is 8.35. The van der Waals surface area contributed by atoms with E-state index in [1.807, 2.05) is 6.07 Å². The van der Waals surface area contributed by atoms with Gasteiger partial charge in [-0.05, 0) is 38.3 Å². The van der Waals surface area contributed by atoms with Gasteiger partial charge in [0.25, 0.3) is 0 Å². The number of hydrogen-bond donors (Lipinski definition) is 1. The number of carbonyl (C=O) groups excluding carboxylic acids is 2. The van der Waals surface area contributed by atoms with Crippen LogP contribution in [0.15, 0.2) is 22.8 Å². The van der Waals surface area contributed by atoms with Gasteiger partial charge < -0.3 is 19.3 Å². The summed E-state index contributed by atoms with van der Waals surface area (Å²) in [6.07, 6.45) is 4.14. The van der Waals surface area contributed by atoms with Crippen molar-refractivity contribution in [3.63, 3.8) is 0 Å². The van der Waals surface area contributed by atoms with Crippen molar-refractivity contribution in [2.24, 2.45) is 5.92 Å². The third-order valence-corrected chi connectivity index (χ3v) is 4.88. The highest BCUT2D eigenvalue weighted by Crippen LogP contribution is 2.27. The normalized spacial score (nSPS) is 26.6. The molecule has 0 saturated carbocycles. The Hall–Kier alpha value is -1.82. The first-order chi connectivity index (χ1) is 11.1. The maximum Gasteiger partial charge on any atom is 0.228 e. The lowest BCUT2D eigenvalue weighted by Crippen LogP contribution is -2.51. The van der Waals surface area contributed by atoms with Crippen LogP contribution in [0.1, 0.15) is 38.4 Å². The van der Waals surface area contributed by atoms with Gasteiger partial charge in [0, 0.05) is 19.5 Å². The molecule has 1 aromatic heterocycles. The van der Waals surface area contributed by atoms with Gasteiger partial charge >= 0.3 is 0 Å². The molecule has 0 radical (unpaired) electrons. The average Bonchev–Trinajstić information content (AvgIpc) is 3.17. The highest BCUT2D eigenvalue weighted by molar-refractivity contribution is 5.89. The Morgan fingerprint density at radius 3 is 3.00 bits per heavy atom. The van der Waals surface area contributed by atoms with Crippen molar-refractivity contribution >= 4 is 11.8 Å². The first kappa shape index (κ1) is 16.1. The van der Waals surface area contributed by atoms with Gasteiger partial charge in [-0.3, -0.25) is 9.59 Å². The molecule has 2 amide bonds. The molecular formula is C17H24N2O4. The Kier molecular flexibility index (Phi) is 4.71. The van der Waals surface area contributed by atoms with Gasteiger partial charge in [0.15, 0.2) is 0 Å². The number of carbonyl (C=O) groups is 2. The van der Waals surface area contributed by atoms with Crippen LogP contribution in [0.25, 0.3) is 0 Å². The number of aliphatic hydroxyl groups excluding tert-OH is 1. The van der Waals surface area contributed by atoms with E-state index in [4.69, 9.17) is 4.42 Å². The maximum absolute atomic E-state index is 12.8. The Balaban J connectivity index is 1.64. The van der Waals surface area contributed by atoms with Crippen LogP contribution in [0.4, 0.5) is 0 Å². The fraction of sp³-hybridized carbons (Fsp3) is 0.647. The zero-order chi connectivity index (χ0) is 16.4. The van der Waals surface area contributed by atoms with E-state index >= 15 is 0 Å². The summed E-state index contributed by atoms with van der Waals surface area (Å²) in [5, 5.41) is 9.93. The number of hydrogen-bond acceptors (Lipinski definition) is 4. The second-order valence-corrected chi connectivity index (χ2v) is 6.59. The minimum Gasteiger partial charge on any atom is -0.467 e. The molecule has 0 bridgehead atoms. The molecule has 23 heavy (non-hydrogen) atoms. The number of piperidine rings is 1. The minimum absolute atomic E-state index is 0.00546. The van der Waals surface area contributed by atoms with Crippen molar-refractivity contribution in [2.75, 3.05) is 13.1 Å². The molecule has 0 aliphatic carbocycles. The van der Waals surface area contributed by atoms with Gasteiger partial charge in [-0.25, -0.2) is 0 Å². The van der Waals surface area contributed by atoms with Gasteiger partial charge in [-0.2, -0.15) is 0 Å². The van der Waals surface area contributed by atoms with Crippen molar-refractivity contribution < 1.29 is 19.1 Å². The molecule has 0 spiro atoms. The fourth-order valence-electron chi connectivity index (χ4n) is 3.65. The molecular weight excluding hydrogens is 296 g/mol. The third-order valence-electron chi connectivity index (χ3n) is 4.88. The zero-order valence-electron chi connectivity index (χ0n) is 13.5. The molecule has 2 saturated heterocycles. The topological polar surface area (TPSA) is 74.0 Å². The van der Waals surface area contributed by atoms with Crippen LogP contribution in [0.2, 0.25) is 0 Å². The van der Waals surface area contributed by atoms with E-state index in [0.29, 0.717) is 19.6 Å². The van der Waals surface area contributed by atoms with Gasteiger partial charge in [0.2, 0.25) is 11.8 Å². The SMILES string of the molecule is CC(O)C1CCCCN1C(=O)C1CC(=O)N(Cc2ccco2)C1. The lowest BCUT2D eigenvalue weighted by Gasteiger charge is -2.38. The molecule has 2 aliphatic rings. The summed E-state index contributed by atoms with van der Waals surface area (Å²) in [5.74, 6) is 0.416. The second-order valence-electron chi connectivity index (χ2n) is 6.59. The smallest absolute Gasteiger partial charge is 0.228 e. The van der Waals surface area contributed by atoms with E-state index < -0.39 is 6.10 Å². The van der Waals surface area contributed by atoms with Crippen LogP contribution >= 0.6 is 0 Å². The van der Waals surface area contributed by atoms with Crippen LogP contribution in [0.3, 0.4) is 0 Å². The Morgan fingerprint density at radius 1 is 1.48 bits per heavy atom. The lowest BCUT2D eigenvalue weighted by molar-refractivity contribution is -0.142. The third kappa shape index (κ3) is 3.42. The van der Waals surface area contributed by atoms with Crippen molar-refractivity contribution in [1.82, 2.24) is 9.80 Å². The summed E-state index contributed by atoms with van der Waals surface area (Å²) in [7, 11) is 0. The number of rotatable bonds is 4. The van der Waals surface area contributed by atoms with Crippen LogP contribution in [0, 0.1) is 5.92 Å². The fourth-order valence-corrected chi connectivity index (χ4v) is 3.65. The molecule has 2 aliphatic heterocycles. The van der Waals surface area contributed by atoms with Crippen molar-refractivity contribution in [3.05, 3.63) is 24.2 Å². The molecule has 1 aromatic rings. The number of amides is 2. The van der Waals surface area contributed by atoms with Crippen LogP contribution in [0.5, 0.6) is 0 Å². The van der Waals surface area contributed by atoms with Gasteiger partial charge in [-0.1, -0.05) is 0 Å². The molecule has 3 heterocycles. The molecule has 6 nitrogen and oxygen atoms in total. The average molecular weight is 320 g/mol. The molecule has 1 N–H and O–H groups in total. The predicted octanol–water partition coefficient (Wildman–Crippen LogP) is 1.39. The minimum atomic E-state index is -0.532. The number of furan rings is 1. The molecule has 0 aromatic carbocycles.